The van der Waals surface area contributed by atoms with Crippen LogP contribution in [0.2, 0.25) is 0 Å². The number of rotatable bonds is 4. The molecule has 0 aliphatic rings. The molecule has 1 N–H and O–H groups in total. The van der Waals surface area contributed by atoms with Gasteiger partial charge in [-0.2, -0.15) is 18.2 Å². The fourth-order valence-electron chi connectivity index (χ4n) is 2.02. The average molecular weight is 398 g/mol. The molecule has 0 amide bonds. The average Bonchev–Trinajstić information content (AvgIpc) is 3.03. The highest BCUT2D eigenvalue weighted by molar-refractivity contribution is 9.10. The number of alkyl halides is 3. The van der Waals surface area contributed by atoms with Crippen molar-refractivity contribution in [2.24, 2.45) is 0 Å². The zero-order chi connectivity index (χ0) is 17.2. The first-order valence-electron chi connectivity index (χ1n) is 6.91. The minimum Gasteiger partial charge on any atom is -0.376 e. The Morgan fingerprint density at radius 2 is 1.83 bits per heavy atom. The zero-order valence-corrected chi connectivity index (χ0v) is 13.7. The Labute approximate surface area is 143 Å². The van der Waals surface area contributed by atoms with E-state index >= 15 is 0 Å². The summed E-state index contributed by atoms with van der Waals surface area (Å²) in [7, 11) is 0. The van der Waals surface area contributed by atoms with Crippen LogP contribution in [-0.4, -0.2) is 10.1 Å². The van der Waals surface area contributed by atoms with Gasteiger partial charge in [-0.05, 0) is 36.4 Å². The number of anilines is 1. The third kappa shape index (κ3) is 3.94. The van der Waals surface area contributed by atoms with Crippen LogP contribution in [0.4, 0.5) is 18.9 Å². The molecule has 0 saturated carbocycles. The fraction of sp³-hybridized carbons (Fsp3) is 0.125. The molecule has 24 heavy (non-hydrogen) atoms. The Morgan fingerprint density at radius 3 is 2.54 bits per heavy atom. The molecule has 1 aromatic heterocycles. The van der Waals surface area contributed by atoms with Crippen molar-refractivity contribution in [2.75, 3.05) is 5.32 Å². The predicted molar refractivity (Wildman–Crippen MR) is 86.2 cm³/mol. The Balaban J connectivity index is 1.72. The van der Waals surface area contributed by atoms with E-state index in [9.17, 15) is 13.2 Å². The molecule has 8 heteroatoms. The van der Waals surface area contributed by atoms with E-state index in [1.54, 1.807) is 0 Å². The third-order valence-electron chi connectivity index (χ3n) is 3.20. The van der Waals surface area contributed by atoms with Gasteiger partial charge in [0.1, 0.15) is 0 Å². The van der Waals surface area contributed by atoms with E-state index in [-0.39, 0.29) is 23.8 Å². The van der Waals surface area contributed by atoms with E-state index in [0.717, 1.165) is 22.3 Å². The summed E-state index contributed by atoms with van der Waals surface area (Å²) in [5.41, 5.74) is 0.361. The van der Waals surface area contributed by atoms with Crippen LogP contribution < -0.4 is 5.32 Å². The smallest absolute Gasteiger partial charge is 0.376 e. The van der Waals surface area contributed by atoms with Gasteiger partial charge in [-0.25, -0.2) is 0 Å². The lowest BCUT2D eigenvalue weighted by molar-refractivity contribution is -0.137. The van der Waals surface area contributed by atoms with Gasteiger partial charge >= 0.3 is 6.18 Å². The van der Waals surface area contributed by atoms with Crippen molar-refractivity contribution in [3.63, 3.8) is 0 Å². The molecule has 0 spiro atoms. The maximum absolute atomic E-state index is 12.7. The van der Waals surface area contributed by atoms with Crippen LogP contribution in [0, 0.1) is 0 Å². The van der Waals surface area contributed by atoms with Crippen molar-refractivity contribution < 1.29 is 17.7 Å². The summed E-state index contributed by atoms with van der Waals surface area (Å²) in [6.07, 6.45) is -4.41. The normalized spacial score (nSPS) is 11.5. The minimum atomic E-state index is -4.41. The molecule has 0 radical (unpaired) electrons. The van der Waals surface area contributed by atoms with Gasteiger partial charge in [-0.1, -0.05) is 33.2 Å². The monoisotopic (exact) mass is 397 g/mol. The molecule has 3 rings (SSSR count). The van der Waals surface area contributed by atoms with Crippen molar-refractivity contribution in [2.45, 2.75) is 12.7 Å². The summed E-state index contributed by atoms with van der Waals surface area (Å²) >= 11 is 3.34. The number of hydrogen-bond donors (Lipinski definition) is 1. The second kappa shape index (κ2) is 6.64. The van der Waals surface area contributed by atoms with Crippen LogP contribution in [0.1, 0.15) is 11.5 Å². The van der Waals surface area contributed by atoms with Gasteiger partial charge in [0.15, 0.2) is 0 Å². The van der Waals surface area contributed by atoms with Gasteiger partial charge < -0.3 is 9.84 Å². The fourth-order valence-corrected chi connectivity index (χ4v) is 2.29. The SMILES string of the molecule is FC(F)(F)c1cccc(-c2noc(CNc3ccc(Br)cc3)n2)c1. The highest BCUT2D eigenvalue weighted by Gasteiger charge is 2.30. The first kappa shape index (κ1) is 16.5. The largest absolute Gasteiger partial charge is 0.416 e. The lowest BCUT2D eigenvalue weighted by Gasteiger charge is -2.06. The number of nitrogens with one attached hydrogen (secondary N) is 1. The molecule has 124 valence electrons. The molecular formula is C16H11BrF3N3O. The van der Waals surface area contributed by atoms with Gasteiger partial charge in [0.2, 0.25) is 11.7 Å². The molecule has 0 aliphatic carbocycles. The van der Waals surface area contributed by atoms with E-state index in [1.165, 1.54) is 12.1 Å². The Kier molecular flexibility index (Phi) is 4.57. The Hall–Kier alpha value is -2.35. The second-order valence-electron chi connectivity index (χ2n) is 4.95. The van der Waals surface area contributed by atoms with Crippen LogP contribution in [0.3, 0.4) is 0 Å². The number of benzene rings is 2. The lowest BCUT2D eigenvalue weighted by Crippen LogP contribution is -2.04. The van der Waals surface area contributed by atoms with Crippen molar-refractivity contribution in [1.82, 2.24) is 10.1 Å². The van der Waals surface area contributed by atoms with Gasteiger partial charge in [-0.3, -0.25) is 0 Å². The number of nitrogens with zero attached hydrogens (tertiary/aromatic N) is 2. The van der Waals surface area contributed by atoms with Crippen molar-refractivity contribution in [1.29, 1.82) is 0 Å². The van der Waals surface area contributed by atoms with Crippen molar-refractivity contribution >= 4 is 21.6 Å². The van der Waals surface area contributed by atoms with Gasteiger partial charge in [-0.15, -0.1) is 0 Å². The van der Waals surface area contributed by atoms with Crippen LogP contribution in [0.5, 0.6) is 0 Å². The van der Waals surface area contributed by atoms with E-state index in [2.05, 4.69) is 31.4 Å². The third-order valence-corrected chi connectivity index (χ3v) is 3.73. The summed E-state index contributed by atoms with van der Waals surface area (Å²) in [6.45, 7) is 0.271. The van der Waals surface area contributed by atoms with E-state index < -0.39 is 11.7 Å². The van der Waals surface area contributed by atoms with E-state index in [1.807, 2.05) is 24.3 Å². The van der Waals surface area contributed by atoms with Crippen LogP contribution in [0.15, 0.2) is 57.5 Å². The second-order valence-corrected chi connectivity index (χ2v) is 5.87. The first-order chi connectivity index (χ1) is 11.4. The molecule has 0 saturated heterocycles. The number of aromatic nitrogens is 2. The molecular weight excluding hydrogens is 387 g/mol. The Bertz CT molecular complexity index is 831. The number of hydrogen-bond acceptors (Lipinski definition) is 4. The Morgan fingerprint density at radius 1 is 1.08 bits per heavy atom. The van der Waals surface area contributed by atoms with E-state index in [4.69, 9.17) is 4.52 Å². The quantitative estimate of drug-likeness (QED) is 0.662. The summed E-state index contributed by atoms with van der Waals surface area (Å²) < 4.78 is 44.3. The summed E-state index contributed by atoms with van der Waals surface area (Å²) in [5.74, 6) is 0.402. The molecule has 4 nitrogen and oxygen atoms in total. The topological polar surface area (TPSA) is 51.0 Å². The molecule has 1 heterocycles. The molecule has 3 aromatic rings. The predicted octanol–water partition coefficient (Wildman–Crippen LogP) is 5.13. The molecule has 0 unspecified atom stereocenters. The van der Waals surface area contributed by atoms with E-state index in [0.29, 0.717) is 0 Å². The summed E-state index contributed by atoms with van der Waals surface area (Å²) in [4.78, 5) is 4.12. The highest BCUT2D eigenvalue weighted by Crippen LogP contribution is 2.31. The minimum absolute atomic E-state index is 0.119. The van der Waals surface area contributed by atoms with Crippen molar-refractivity contribution in [3.05, 3.63) is 64.5 Å². The molecule has 0 aliphatic heterocycles. The molecule has 0 atom stereocenters. The highest BCUT2D eigenvalue weighted by atomic mass is 79.9. The van der Waals surface area contributed by atoms with Crippen LogP contribution in [0.25, 0.3) is 11.4 Å². The summed E-state index contributed by atoms with van der Waals surface area (Å²) in [6, 6.07) is 12.3. The number of halogens is 4. The van der Waals surface area contributed by atoms with Crippen LogP contribution >= 0.6 is 15.9 Å². The van der Waals surface area contributed by atoms with Crippen molar-refractivity contribution in [3.8, 4) is 11.4 Å². The lowest BCUT2D eigenvalue weighted by atomic mass is 10.1. The maximum Gasteiger partial charge on any atom is 0.416 e. The molecule has 2 aromatic carbocycles. The van der Waals surface area contributed by atoms with Gasteiger partial charge in [0, 0.05) is 15.7 Å². The van der Waals surface area contributed by atoms with Gasteiger partial charge in [0.25, 0.3) is 0 Å². The summed E-state index contributed by atoms with van der Waals surface area (Å²) in [5, 5.41) is 6.83. The molecule has 0 fully saturated rings. The molecule has 0 bridgehead atoms. The first-order valence-corrected chi connectivity index (χ1v) is 7.71. The zero-order valence-electron chi connectivity index (χ0n) is 12.1. The standard InChI is InChI=1S/C16H11BrF3N3O/c17-12-4-6-13(7-5-12)21-9-14-22-15(23-24-14)10-2-1-3-11(8-10)16(18,19)20/h1-8,21H,9H2. The van der Waals surface area contributed by atoms with Crippen LogP contribution in [-0.2, 0) is 12.7 Å². The maximum atomic E-state index is 12.7. The van der Waals surface area contributed by atoms with Gasteiger partial charge in [0.05, 0.1) is 12.1 Å².